The number of carbonyl (C=O) groups is 1. The van der Waals surface area contributed by atoms with Crippen molar-refractivity contribution in [3.63, 3.8) is 0 Å². The minimum atomic E-state index is 0.0366. The van der Waals surface area contributed by atoms with E-state index in [-0.39, 0.29) is 5.91 Å². The van der Waals surface area contributed by atoms with Crippen LogP contribution in [-0.2, 0) is 11.5 Å². The van der Waals surface area contributed by atoms with Crippen molar-refractivity contribution in [2.75, 3.05) is 38.0 Å². The van der Waals surface area contributed by atoms with Crippen LogP contribution in [-0.4, -0.2) is 67.8 Å². The van der Waals surface area contributed by atoms with Crippen molar-refractivity contribution in [1.82, 2.24) is 29.1 Å². The molecule has 1 aliphatic heterocycles. The minimum absolute atomic E-state index is 0.0366. The highest BCUT2D eigenvalue weighted by atomic mass is 32.1. The summed E-state index contributed by atoms with van der Waals surface area (Å²) in [5.74, 6) is 0.964. The number of hydrogen-bond acceptors (Lipinski definition) is 6. The molecule has 0 radical (unpaired) electrons. The van der Waals surface area contributed by atoms with Crippen molar-refractivity contribution >= 4 is 23.8 Å². The standard InChI is InChI=1S/C25H31N7OS/c1-18-4-3-5-22(19(18)2)27-23(33)16-29-12-14-30(15-13-29)17-31-25(34)32(21-6-7-21)24(28-31)20-8-10-26-11-9-20/h3-5,8-11,21H,6-7,12-17H2,1-2H3,(H,27,33). The first-order valence-electron chi connectivity index (χ1n) is 11.9. The number of nitrogens with zero attached hydrogens (tertiary/aromatic N) is 6. The van der Waals surface area contributed by atoms with Gasteiger partial charge < -0.3 is 5.32 Å². The fraction of sp³-hybridized carbons (Fsp3) is 0.440. The lowest BCUT2D eigenvalue weighted by Crippen LogP contribution is -2.49. The normalized spacial score (nSPS) is 17.1. The number of aryl methyl sites for hydroxylation is 1. The number of carbonyl (C=O) groups excluding carboxylic acids is 1. The number of benzene rings is 1. The quantitative estimate of drug-likeness (QED) is 0.524. The van der Waals surface area contributed by atoms with Crippen LogP contribution >= 0.6 is 12.2 Å². The average Bonchev–Trinajstić information content (AvgIpc) is 3.62. The van der Waals surface area contributed by atoms with Crippen molar-refractivity contribution in [2.45, 2.75) is 39.4 Å². The maximum absolute atomic E-state index is 12.6. The Kier molecular flexibility index (Phi) is 6.58. The zero-order chi connectivity index (χ0) is 23.7. The van der Waals surface area contributed by atoms with Gasteiger partial charge in [-0.25, -0.2) is 4.68 Å². The molecule has 2 fully saturated rings. The topological polar surface area (TPSA) is 71.2 Å². The van der Waals surface area contributed by atoms with Gasteiger partial charge in [-0.2, -0.15) is 5.10 Å². The number of nitrogens with one attached hydrogen (secondary N) is 1. The molecular weight excluding hydrogens is 446 g/mol. The summed E-state index contributed by atoms with van der Waals surface area (Å²) in [4.78, 5) is 21.3. The molecule has 5 rings (SSSR count). The summed E-state index contributed by atoms with van der Waals surface area (Å²) in [7, 11) is 0. The number of anilines is 1. The third-order valence-electron chi connectivity index (χ3n) is 6.77. The number of aromatic nitrogens is 4. The number of pyridine rings is 1. The summed E-state index contributed by atoms with van der Waals surface area (Å²) in [6.45, 7) is 8.60. The van der Waals surface area contributed by atoms with Gasteiger partial charge in [-0.15, -0.1) is 0 Å². The largest absolute Gasteiger partial charge is 0.325 e. The number of amides is 1. The Morgan fingerprint density at radius 1 is 1.06 bits per heavy atom. The van der Waals surface area contributed by atoms with E-state index in [4.69, 9.17) is 17.3 Å². The molecule has 1 amide bonds. The van der Waals surface area contributed by atoms with E-state index in [0.717, 1.165) is 66.4 Å². The van der Waals surface area contributed by atoms with E-state index in [1.54, 1.807) is 12.4 Å². The van der Waals surface area contributed by atoms with E-state index >= 15 is 0 Å². The van der Waals surface area contributed by atoms with E-state index in [1.807, 2.05) is 35.9 Å². The van der Waals surface area contributed by atoms with Crippen LogP contribution < -0.4 is 5.32 Å². The van der Waals surface area contributed by atoms with E-state index < -0.39 is 0 Å². The third-order valence-corrected chi connectivity index (χ3v) is 7.17. The van der Waals surface area contributed by atoms with Crippen LogP contribution in [0.25, 0.3) is 11.4 Å². The van der Waals surface area contributed by atoms with Gasteiger partial charge in [-0.05, 0) is 68.2 Å². The molecule has 1 N–H and O–H groups in total. The zero-order valence-corrected chi connectivity index (χ0v) is 20.6. The molecule has 178 valence electrons. The van der Waals surface area contributed by atoms with Crippen molar-refractivity contribution in [3.8, 4) is 11.4 Å². The smallest absolute Gasteiger partial charge is 0.238 e. The molecule has 1 saturated carbocycles. The van der Waals surface area contributed by atoms with Gasteiger partial charge in [0.15, 0.2) is 10.6 Å². The summed E-state index contributed by atoms with van der Waals surface area (Å²) in [6, 6.07) is 10.4. The van der Waals surface area contributed by atoms with Gasteiger partial charge in [-0.1, -0.05) is 12.1 Å². The first-order valence-corrected chi connectivity index (χ1v) is 12.3. The molecule has 1 aromatic carbocycles. The molecule has 1 aliphatic carbocycles. The lowest BCUT2D eigenvalue weighted by atomic mass is 10.1. The Labute approximate surface area is 205 Å². The average molecular weight is 478 g/mol. The first-order chi connectivity index (χ1) is 16.5. The molecule has 0 bridgehead atoms. The van der Waals surface area contributed by atoms with Gasteiger partial charge >= 0.3 is 0 Å². The Balaban J connectivity index is 1.19. The number of piperazine rings is 1. The monoisotopic (exact) mass is 477 g/mol. The van der Waals surface area contributed by atoms with Crippen LogP contribution in [0.1, 0.15) is 30.0 Å². The maximum atomic E-state index is 12.6. The van der Waals surface area contributed by atoms with Crippen LogP contribution in [0.4, 0.5) is 5.69 Å². The summed E-state index contributed by atoms with van der Waals surface area (Å²) in [5.41, 5.74) is 4.25. The molecule has 3 heterocycles. The lowest BCUT2D eigenvalue weighted by molar-refractivity contribution is -0.117. The second-order valence-electron chi connectivity index (χ2n) is 9.27. The highest BCUT2D eigenvalue weighted by Crippen LogP contribution is 2.38. The SMILES string of the molecule is Cc1cccc(NC(=O)CN2CCN(Cn3nc(-c4ccncc4)n(C4CC4)c3=S)CC2)c1C. The molecular formula is C25H31N7OS. The highest BCUT2D eigenvalue weighted by molar-refractivity contribution is 7.71. The van der Waals surface area contributed by atoms with Gasteiger partial charge in [-0.3, -0.25) is 24.1 Å². The predicted octanol–water partition coefficient (Wildman–Crippen LogP) is 3.64. The molecule has 1 saturated heterocycles. The fourth-order valence-corrected chi connectivity index (χ4v) is 4.76. The van der Waals surface area contributed by atoms with Crippen LogP contribution in [0.2, 0.25) is 0 Å². The Morgan fingerprint density at radius 3 is 2.47 bits per heavy atom. The summed E-state index contributed by atoms with van der Waals surface area (Å²) < 4.78 is 4.94. The van der Waals surface area contributed by atoms with Gasteiger partial charge in [0.1, 0.15) is 0 Å². The predicted molar refractivity (Wildman–Crippen MR) is 135 cm³/mol. The lowest BCUT2D eigenvalue weighted by Gasteiger charge is -2.34. The molecule has 8 nitrogen and oxygen atoms in total. The Morgan fingerprint density at radius 2 is 1.76 bits per heavy atom. The van der Waals surface area contributed by atoms with Gasteiger partial charge in [0.05, 0.1) is 13.2 Å². The van der Waals surface area contributed by atoms with E-state index in [9.17, 15) is 4.79 Å². The summed E-state index contributed by atoms with van der Waals surface area (Å²) in [6.07, 6.45) is 5.90. The fourth-order valence-electron chi connectivity index (χ4n) is 4.43. The van der Waals surface area contributed by atoms with E-state index in [0.29, 0.717) is 19.3 Å². The number of rotatable bonds is 7. The molecule has 0 spiro atoms. The van der Waals surface area contributed by atoms with Crippen molar-refractivity contribution < 1.29 is 4.79 Å². The molecule has 34 heavy (non-hydrogen) atoms. The molecule has 0 unspecified atom stereocenters. The van der Waals surface area contributed by atoms with Crippen molar-refractivity contribution in [2.24, 2.45) is 0 Å². The summed E-state index contributed by atoms with van der Waals surface area (Å²) in [5, 5.41) is 7.96. The molecule has 0 atom stereocenters. The van der Waals surface area contributed by atoms with E-state index in [1.165, 1.54) is 5.56 Å². The number of hydrogen-bond donors (Lipinski definition) is 1. The molecule has 3 aromatic rings. The van der Waals surface area contributed by atoms with Crippen LogP contribution in [0.5, 0.6) is 0 Å². The van der Waals surface area contributed by atoms with Crippen LogP contribution in [0.3, 0.4) is 0 Å². The summed E-state index contributed by atoms with van der Waals surface area (Å²) >= 11 is 5.82. The van der Waals surface area contributed by atoms with Crippen molar-refractivity contribution in [1.29, 1.82) is 0 Å². The maximum Gasteiger partial charge on any atom is 0.238 e. The minimum Gasteiger partial charge on any atom is -0.325 e. The molecule has 9 heteroatoms. The molecule has 2 aromatic heterocycles. The second kappa shape index (κ2) is 9.77. The zero-order valence-electron chi connectivity index (χ0n) is 19.8. The van der Waals surface area contributed by atoms with Gasteiger partial charge in [0.2, 0.25) is 5.91 Å². The first kappa shape index (κ1) is 22.9. The van der Waals surface area contributed by atoms with Crippen molar-refractivity contribution in [3.05, 3.63) is 58.6 Å². The third kappa shape index (κ3) is 4.96. The van der Waals surface area contributed by atoms with Crippen LogP contribution in [0, 0.1) is 18.6 Å². The van der Waals surface area contributed by atoms with Crippen LogP contribution in [0.15, 0.2) is 42.7 Å². The van der Waals surface area contributed by atoms with Gasteiger partial charge in [0.25, 0.3) is 0 Å². The highest BCUT2D eigenvalue weighted by Gasteiger charge is 2.29. The van der Waals surface area contributed by atoms with E-state index in [2.05, 4.69) is 37.7 Å². The Hall–Kier alpha value is -2.88. The Bertz CT molecular complexity index is 1220. The molecule has 2 aliphatic rings. The second-order valence-corrected chi connectivity index (χ2v) is 9.64. The van der Waals surface area contributed by atoms with Gasteiger partial charge in [0, 0.05) is 55.9 Å².